The second-order valence-electron chi connectivity index (χ2n) is 6.16. The van der Waals surface area contributed by atoms with Gasteiger partial charge in [0.05, 0.1) is 6.04 Å². The molecule has 0 aromatic heterocycles. The fourth-order valence-electron chi connectivity index (χ4n) is 2.29. The van der Waals surface area contributed by atoms with Crippen molar-refractivity contribution in [3.8, 4) is 0 Å². The molecule has 5 nitrogen and oxygen atoms in total. The van der Waals surface area contributed by atoms with Crippen LogP contribution in [-0.2, 0) is 11.3 Å². The van der Waals surface area contributed by atoms with E-state index in [1.54, 1.807) is 36.0 Å². The van der Waals surface area contributed by atoms with Gasteiger partial charge in [0.1, 0.15) is 0 Å². The van der Waals surface area contributed by atoms with Crippen molar-refractivity contribution in [2.45, 2.75) is 39.8 Å². The molecule has 0 spiro atoms. The van der Waals surface area contributed by atoms with Crippen LogP contribution in [0.1, 0.15) is 43.1 Å². The molecule has 2 amide bonds. The summed E-state index contributed by atoms with van der Waals surface area (Å²) < 4.78 is 0. The van der Waals surface area contributed by atoms with Crippen LogP contribution < -0.4 is 5.73 Å². The Bertz CT molecular complexity index is 526. The predicted molar refractivity (Wildman–Crippen MR) is 93.0 cm³/mol. The van der Waals surface area contributed by atoms with E-state index >= 15 is 0 Å². The first kappa shape index (κ1) is 19.2. The molecule has 0 heterocycles. The number of nitrogens with zero attached hydrogens (tertiary/aromatic N) is 2. The summed E-state index contributed by atoms with van der Waals surface area (Å²) in [5.74, 6) is 0.116. The van der Waals surface area contributed by atoms with Crippen LogP contribution in [0, 0.1) is 5.92 Å². The van der Waals surface area contributed by atoms with Crippen molar-refractivity contribution in [2.24, 2.45) is 11.7 Å². The average Bonchev–Trinajstić information content (AvgIpc) is 2.57. The van der Waals surface area contributed by atoms with Crippen LogP contribution in [0.15, 0.2) is 24.3 Å². The average molecular weight is 319 g/mol. The Morgan fingerprint density at radius 2 is 1.70 bits per heavy atom. The number of benzene rings is 1. The Morgan fingerprint density at radius 3 is 2.13 bits per heavy atom. The molecule has 2 atom stereocenters. The van der Waals surface area contributed by atoms with E-state index in [0.29, 0.717) is 18.7 Å². The first-order valence-corrected chi connectivity index (χ1v) is 8.16. The van der Waals surface area contributed by atoms with Crippen LogP contribution >= 0.6 is 0 Å². The van der Waals surface area contributed by atoms with Gasteiger partial charge < -0.3 is 15.5 Å². The molecule has 0 aliphatic rings. The van der Waals surface area contributed by atoms with Gasteiger partial charge >= 0.3 is 0 Å². The van der Waals surface area contributed by atoms with Crippen LogP contribution in [0.3, 0.4) is 0 Å². The lowest BCUT2D eigenvalue weighted by atomic mass is 9.98. The standard InChI is InChI=1S/C18H29N3O2/c1-6-13(3)16(19)18(23)21(7-2)12-14-8-10-15(11-9-14)17(22)20(4)5/h8-11,13,16H,6-7,12,19H2,1-5H3. The van der Waals surface area contributed by atoms with Gasteiger partial charge in [-0.2, -0.15) is 0 Å². The summed E-state index contributed by atoms with van der Waals surface area (Å²) in [6, 6.07) is 6.91. The van der Waals surface area contributed by atoms with Crippen molar-refractivity contribution >= 4 is 11.8 Å². The van der Waals surface area contributed by atoms with Gasteiger partial charge in [-0.3, -0.25) is 9.59 Å². The first-order chi connectivity index (χ1) is 10.8. The van der Waals surface area contributed by atoms with Gasteiger partial charge in [-0.05, 0) is 30.5 Å². The van der Waals surface area contributed by atoms with Gasteiger partial charge in [0, 0.05) is 32.7 Å². The maximum absolute atomic E-state index is 12.5. The minimum atomic E-state index is -0.463. The third-order valence-electron chi connectivity index (χ3n) is 4.22. The maximum Gasteiger partial charge on any atom is 0.253 e. The maximum atomic E-state index is 12.5. The lowest BCUT2D eigenvalue weighted by Crippen LogP contribution is -2.46. The van der Waals surface area contributed by atoms with Crippen molar-refractivity contribution < 1.29 is 9.59 Å². The molecule has 0 bridgehead atoms. The van der Waals surface area contributed by atoms with Gasteiger partial charge in [0.2, 0.25) is 5.91 Å². The summed E-state index contributed by atoms with van der Waals surface area (Å²) >= 11 is 0. The van der Waals surface area contributed by atoms with Crippen molar-refractivity contribution in [2.75, 3.05) is 20.6 Å². The molecule has 2 N–H and O–H groups in total. The summed E-state index contributed by atoms with van der Waals surface area (Å²) in [4.78, 5) is 27.7. The van der Waals surface area contributed by atoms with Crippen LogP contribution in [0.25, 0.3) is 0 Å². The number of carbonyl (C=O) groups is 2. The lowest BCUT2D eigenvalue weighted by Gasteiger charge is -2.27. The lowest BCUT2D eigenvalue weighted by molar-refractivity contribution is -0.134. The van der Waals surface area contributed by atoms with Crippen molar-refractivity contribution in [3.63, 3.8) is 0 Å². The number of rotatable bonds is 7. The van der Waals surface area contributed by atoms with Gasteiger partial charge in [0.25, 0.3) is 5.91 Å². The number of hydrogen-bond donors (Lipinski definition) is 1. The summed E-state index contributed by atoms with van der Waals surface area (Å²) in [6.07, 6.45) is 0.881. The Kier molecular flexibility index (Phi) is 7.23. The zero-order valence-corrected chi connectivity index (χ0v) is 14.9. The molecule has 0 aliphatic carbocycles. The van der Waals surface area contributed by atoms with E-state index in [4.69, 9.17) is 5.73 Å². The van der Waals surface area contributed by atoms with Crippen molar-refractivity contribution in [1.82, 2.24) is 9.80 Å². The fraction of sp³-hybridized carbons (Fsp3) is 0.556. The van der Waals surface area contributed by atoms with Crippen molar-refractivity contribution in [3.05, 3.63) is 35.4 Å². The number of carbonyl (C=O) groups excluding carboxylic acids is 2. The Balaban J connectivity index is 2.80. The summed E-state index contributed by atoms with van der Waals surface area (Å²) in [7, 11) is 3.45. The normalized spacial score (nSPS) is 13.3. The highest BCUT2D eigenvalue weighted by Gasteiger charge is 2.24. The predicted octanol–water partition coefficient (Wildman–Crippen LogP) is 2.11. The molecular weight excluding hydrogens is 290 g/mol. The summed E-state index contributed by atoms with van der Waals surface area (Å²) in [5, 5.41) is 0. The van der Waals surface area contributed by atoms with Gasteiger partial charge in [-0.1, -0.05) is 32.4 Å². The minimum Gasteiger partial charge on any atom is -0.345 e. The molecule has 23 heavy (non-hydrogen) atoms. The van der Waals surface area contributed by atoms with E-state index in [1.807, 2.05) is 32.9 Å². The quantitative estimate of drug-likeness (QED) is 0.837. The molecule has 1 aromatic carbocycles. The Hall–Kier alpha value is -1.88. The van der Waals surface area contributed by atoms with E-state index in [1.165, 1.54) is 0 Å². The Morgan fingerprint density at radius 1 is 1.13 bits per heavy atom. The smallest absolute Gasteiger partial charge is 0.253 e. The minimum absolute atomic E-state index is 0.0182. The molecule has 1 rings (SSSR count). The number of likely N-dealkylation sites (N-methyl/N-ethyl adjacent to an activating group) is 1. The molecule has 0 aliphatic heterocycles. The van der Waals surface area contributed by atoms with Crippen LogP contribution in [-0.4, -0.2) is 48.3 Å². The molecule has 0 radical (unpaired) electrons. The second-order valence-corrected chi connectivity index (χ2v) is 6.16. The summed E-state index contributed by atoms with van der Waals surface area (Å²) in [5.41, 5.74) is 7.69. The monoisotopic (exact) mass is 319 g/mol. The zero-order valence-electron chi connectivity index (χ0n) is 14.9. The highest BCUT2D eigenvalue weighted by molar-refractivity contribution is 5.93. The number of amides is 2. The molecule has 0 saturated heterocycles. The van der Waals surface area contributed by atoms with Gasteiger partial charge in [0.15, 0.2) is 0 Å². The summed E-state index contributed by atoms with van der Waals surface area (Å²) in [6.45, 7) is 7.11. The number of hydrogen-bond acceptors (Lipinski definition) is 3. The van der Waals surface area contributed by atoms with E-state index < -0.39 is 6.04 Å². The zero-order chi connectivity index (χ0) is 17.6. The van der Waals surface area contributed by atoms with Gasteiger partial charge in [-0.15, -0.1) is 0 Å². The Labute approximate surface area is 139 Å². The topological polar surface area (TPSA) is 66.6 Å². The SMILES string of the molecule is CCC(C)C(N)C(=O)N(CC)Cc1ccc(C(=O)N(C)C)cc1. The third kappa shape index (κ3) is 5.06. The van der Waals surface area contributed by atoms with E-state index in [-0.39, 0.29) is 17.7 Å². The number of nitrogens with two attached hydrogens (primary N) is 1. The molecular formula is C18H29N3O2. The van der Waals surface area contributed by atoms with E-state index in [0.717, 1.165) is 12.0 Å². The third-order valence-corrected chi connectivity index (χ3v) is 4.22. The van der Waals surface area contributed by atoms with Crippen LogP contribution in [0.5, 0.6) is 0 Å². The molecule has 1 aromatic rings. The largest absolute Gasteiger partial charge is 0.345 e. The van der Waals surface area contributed by atoms with Crippen LogP contribution in [0.4, 0.5) is 0 Å². The second kappa shape index (κ2) is 8.67. The van der Waals surface area contributed by atoms with Crippen LogP contribution in [0.2, 0.25) is 0 Å². The van der Waals surface area contributed by atoms with Crippen molar-refractivity contribution in [1.29, 1.82) is 0 Å². The van der Waals surface area contributed by atoms with E-state index in [9.17, 15) is 9.59 Å². The fourth-order valence-corrected chi connectivity index (χ4v) is 2.29. The first-order valence-electron chi connectivity index (χ1n) is 8.16. The molecule has 0 fully saturated rings. The molecule has 2 unspecified atom stereocenters. The highest BCUT2D eigenvalue weighted by Crippen LogP contribution is 2.13. The van der Waals surface area contributed by atoms with Gasteiger partial charge in [-0.25, -0.2) is 0 Å². The molecule has 128 valence electrons. The molecule has 0 saturated carbocycles. The van der Waals surface area contributed by atoms with E-state index in [2.05, 4.69) is 0 Å². The highest BCUT2D eigenvalue weighted by atomic mass is 16.2. The molecule has 5 heteroatoms.